The fourth-order valence-corrected chi connectivity index (χ4v) is 2.93. The second kappa shape index (κ2) is 6.38. The van der Waals surface area contributed by atoms with Crippen molar-refractivity contribution in [1.29, 1.82) is 0 Å². The Bertz CT molecular complexity index is 461. The minimum absolute atomic E-state index is 0.187. The Morgan fingerprint density at radius 3 is 3.05 bits per heavy atom. The number of halogens is 2. The highest BCUT2D eigenvalue weighted by Gasteiger charge is 2.25. The number of aryl methyl sites for hydroxylation is 1. The molecule has 2 nitrogen and oxygen atoms in total. The van der Waals surface area contributed by atoms with E-state index in [9.17, 15) is 9.18 Å². The third kappa shape index (κ3) is 3.27. The zero-order valence-corrected chi connectivity index (χ0v) is 11.9. The summed E-state index contributed by atoms with van der Waals surface area (Å²) in [6, 6.07) is 4.97. The number of alkyl halides is 1. The van der Waals surface area contributed by atoms with Gasteiger partial charge in [-0.05, 0) is 43.7 Å². The molecule has 104 valence electrons. The molecule has 0 aromatic heterocycles. The van der Waals surface area contributed by atoms with E-state index >= 15 is 0 Å². The predicted molar refractivity (Wildman–Crippen MR) is 75.1 cm³/mol. The first-order chi connectivity index (χ1) is 9.13. The lowest BCUT2D eigenvalue weighted by molar-refractivity contribution is 0.0666. The summed E-state index contributed by atoms with van der Waals surface area (Å²) in [6.07, 6.45) is 3.00. The van der Waals surface area contributed by atoms with Crippen molar-refractivity contribution in [2.24, 2.45) is 5.92 Å². The Kier molecular flexibility index (Phi) is 4.81. The van der Waals surface area contributed by atoms with Gasteiger partial charge in [-0.15, -0.1) is 11.6 Å². The average molecular weight is 284 g/mol. The Hall–Kier alpha value is -1.09. The van der Waals surface area contributed by atoms with Crippen molar-refractivity contribution in [1.82, 2.24) is 4.90 Å². The number of amides is 1. The summed E-state index contributed by atoms with van der Waals surface area (Å²) in [5.41, 5.74) is 0.701. The zero-order valence-electron chi connectivity index (χ0n) is 11.2. The van der Waals surface area contributed by atoms with Gasteiger partial charge in [-0.25, -0.2) is 4.39 Å². The van der Waals surface area contributed by atoms with Gasteiger partial charge in [-0.1, -0.05) is 12.1 Å². The SMILES string of the molecule is Cc1cccc(C(=O)N2CCCC(CCCl)C2)c1F. The number of benzene rings is 1. The maximum absolute atomic E-state index is 14.0. The van der Waals surface area contributed by atoms with Crippen LogP contribution in [0, 0.1) is 18.7 Å². The van der Waals surface area contributed by atoms with Crippen molar-refractivity contribution in [3.8, 4) is 0 Å². The number of likely N-dealkylation sites (tertiary alicyclic amines) is 1. The van der Waals surface area contributed by atoms with E-state index in [1.165, 1.54) is 0 Å². The molecule has 0 spiro atoms. The average Bonchev–Trinajstić information content (AvgIpc) is 2.42. The Morgan fingerprint density at radius 1 is 1.53 bits per heavy atom. The maximum Gasteiger partial charge on any atom is 0.256 e. The lowest BCUT2D eigenvalue weighted by Gasteiger charge is -2.32. The van der Waals surface area contributed by atoms with Crippen molar-refractivity contribution in [3.63, 3.8) is 0 Å². The van der Waals surface area contributed by atoms with Gasteiger partial charge in [0.25, 0.3) is 5.91 Å². The smallest absolute Gasteiger partial charge is 0.256 e. The van der Waals surface area contributed by atoms with Crippen LogP contribution in [0.3, 0.4) is 0 Å². The minimum atomic E-state index is -0.396. The molecule has 1 fully saturated rings. The molecule has 1 aliphatic rings. The topological polar surface area (TPSA) is 20.3 Å². The number of hydrogen-bond donors (Lipinski definition) is 0. The van der Waals surface area contributed by atoms with Crippen molar-refractivity contribution < 1.29 is 9.18 Å². The molecule has 0 N–H and O–H groups in total. The Morgan fingerprint density at radius 2 is 2.32 bits per heavy atom. The number of piperidine rings is 1. The first kappa shape index (κ1) is 14.3. The van der Waals surface area contributed by atoms with Gasteiger partial charge >= 0.3 is 0 Å². The molecule has 1 amide bonds. The molecule has 1 atom stereocenters. The molecule has 4 heteroatoms. The van der Waals surface area contributed by atoms with Gasteiger partial charge in [-0.2, -0.15) is 0 Å². The predicted octanol–water partition coefficient (Wildman–Crippen LogP) is 3.62. The molecule has 1 aromatic rings. The van der Waals surface area contributed by atoms with Gasteiger partial charge < -0.3 is 4.90 Å². The number of hydrogen-bond acceptors (Lipinski definition) is 1. The lowest BCUT2D eigenvalue weighted by Crippen LogP contribution is -2.40. The molecule has 0 radical (unpaired) electrons. The fraction of sp³-hybridized carbons (Fsp3) is 0.533. The monoisotopic (exact) mass is 283 g/mol. The highest BCUT2D eigenvalue weighted by molar-refractivity contribution is 6.17. The highest BCUT2D eigenvalue weighted by Crippen LogP contribution is 2.23. The van der Waals surface area contributed by atoms with E-state index < -0.39 is 5.82 Å². The molecule has 1 aliphatic heterocycles. The van der Waals surface area contributed by atoms with Gasteiger partial charge in [0.05, 0.1) is 5.56 Å². The number of carbonyl (C=O) groups is 1. The third-order valence-corrected chi connectivity index (χ3v) is 3.96. The van der Waals surface area contributed by atoms with Crippen molar-refractivity contribution in [3.05, 3.63) is 35.1 Å². The van der Waals surface area contributed by atoms with Crippen LogP contribution in [0.1, 0.15) is 35.2 Å². The van der Waals surface area contributed by atoms with Crippen molar-refractivity contribution in [2.75, 3.05) is 19.0 Å². The van der Waals surface area contributed by atoms with Crippen LogP contribution in [0.4, 0.5) is 4.39 Å². The van der Waals surface area contributed by atoms with E-state index in [0.29, 0.717) is 30.5 Å². The van der Waals surface area contributed by atoms with Crippen LogP contribution < -0.4 is 0 Å². The summed E-state index contributed by atoms with van der Waals surface area (Å²) in [4.78, 5) is 14.1. The second-order valence-electron chi connectivity index (χ2n) is 5.17. The van der Waals surface area contributed by atoms with Crippen LogP contribution >= 0.6 is 11.6 Å². The minimum Gasteiger partial charge on any atom is -0.338 e. The molecule has 0 saturated carbocycles. The summed E-state index contributed by atoms with van der Waals surface area (Å²) in [7, 11) is 0. The van der Waals surface area contributed by atoms with Crippen LogP contribution in [-0.4, -0.2) is 29.8 Å². The van der Waals surface area contributed by atoms with Gasteiger partial charge in [-0.3, -0.25) is 4.79 Å². The first-order valence-corrected chi connectivity index (χ1v) is 7.27. The lowest BCUT2D eigenvalue weighted by atomic mass is 9.95. The molecule has 1 saturated heterocycles. The van der Waals surface area contributed by atoms with Crippen molar-refractivity contribution >= 4 is 17.5 Å². The third-order valence-electron chi connectivity index (χ3n) is 3.75. The van der Waals surface area contributed by atoms with Crippen LogP contribution in [0.15, 0.2) is 18.2 Å². The largest absolute Gasteiger partial charge is 0.338 e. The fourth-order valence-electron chi connectivity index (χ4n) is 2.62. The standard InChI is InChI=1S/C15H19ClFNO/c1-11-4-2-6-13(14(11)17)15(19)18-9-3-5-12(10-18)7-8-16/h2,4,6,12H,3,5,7-10H2,1H3. The van der Waals surface area contributed by atoms with E-state index in [1.54, 1.807) is 30.0 Å². The van der Waals surface area contributed by atoms with Crippen LogP contribution in [-0.2, 0) is 0 Å². The van der Waals surface area contributed by atoms with Crippen LogP contribution in [0.25, 0.3) is 0 Å². The van der Waals surface area contributed by atoms with Crippen LogP contribution in [0.2, 0.25) is 0 Å². The van der Waals surface area contributed by atoms with Crippen LogP contribution in [0.5, 0.6) is 0 Å². The highest BCUT2D eigenvalue weighted by atomic mass is 35.5. The normalized spacial score (nSPS) is 19.5. The van der Waals surface area contributed by atoms with Crippen molar-refractivity contribution in [2.45, 2.75) is 26.2 Å². The molecular formula is C15H19ClFNO. The van der Waals surface area contributed by atoms with E-state index in [0.717, 1.165) is 19.3 Å². The number of carbonyl (C=O) groups excluding carboxylic acids is 1. The van der Waals surface area contributed by atoms with E-state index in [2.05, 4.69) is 0 Å². The zero-order chi connectivity index (χ0) is 13.8. The Balaban J connectivity index is 2.12. The van der Waals surface area contributed by atoms with Gasteiger partial charge in [0, 0.05) is 19.0 Å². The molecule has 0 bridgehead atoms. The quantitative estimate of drug-likeness (QED) is 0.776. The van der Waals surface area contributed by atoms with Gasteiger partial charge in [0.15, 0.2) is 0 Å². The molecule has 19 heavy (non-hydrogen) atoms. The summed E-state index contributed by atoms with van der Waals surface area (Å²) in [5.74, 6) is 0.474. The molecule has 1 unspecified atom stereocenters. The number of rotatable bonds is 3. The molecule has 2 rings (SSSR count). The maximum atomic E-state index is 14.0. The summed E-state index contributed by atoms with van der Waals surface area (Å²) >= 11 is 5.76. The Labute approximate surface area is 118 Å². The number of nitrogens with zero attached hydrogens (tertiary/aromatic N) is 1. The molecule has 1 aromatic carbocycles. The van der Waals surface area contributed by atoms with E-state index in [4.69, 9.17) is 11.6 Å². The van der Waals surface area contributed by atoms with E-state index in [1.807, 2.05) is 0 Å². The molecule has 0 aliphatic carbocycles. The second-order valence-corrected chi connectivity index (χ2v) is 5.55. The summed E-state index contributed by atoms with van der Waals surface area (Å²) in [6.45, 7) is 3.09. The molecule has 1 heterocycles. The van der Waals surface area contributed by atoms with Gasteiger partial charge in [0.2, 0.25) is 0 Å². The van der Waals surface area contributed by atoms with E-state index in [-0.39, 0.29) is 11.5 Å². The first-order valence-electron chi connectivity index (χ1n) is 6.74. The van der Waals surface area contributed by atoms with Gasteiger partial charge in [0.1, 0.15) is 5.82 Å². The summed E-state index contributed by atoms with van der Waals surface area (Å²) < 4.78 is 14.0. The summed E-state index contributed by atoms with van der Waals surface area (Å²) in [5, 5.41) is 0. The molecular weight excluding hydrogens is 265 g/mol.